The summed E-state index contributed by atoms with van der Waals surface area (Å²) >= 11 is 1.44. The number of hydrogen-bond acceptors (Lipinski definition) is 12. The van der Waals surface area contributed by atoms with Gasteiger partial charge in [0.15, 0.2) is 5.67 Å². The molecule has 432 valence electrons. The summed E-state index contributed by atoms with van der Waals surface area (Å²) in [5.41, 5.74) is -1.86. The molecule has 0 radical (unpaired) electrons. The number of hydrogen-bond donors (Lipinski definition) is 7. The summed E-state index contributed by atoms with van der Waals surface area (Å²) in [6, 6.07) is 12.2. The zero-order valence-corrected chi connectivity index (χ0v) is 46.5. The van der Waals surface area contributed by atoms with Crippen LogP contribution in [-0.4, -0.2) is 136 Å². The van der Waals surface area contributed by atoms with E-state index in [2.05, 4.69) is 41.5 Å². The maximum absolute atomic E-state index is 15.8. The van der Waals surface area contributed by atoms with Crippen LogP contribution >= 0.6 is 11.3 Å². The lowest BCUT2D eigenvalue weighted by Crippen LogP contribution is -2.59. The third-order valence-electron chi connectivity index (χ3n) is 15.1. The van der Waals surface area contributed by atoms with E-state index in [1.54, 1.807) is 50.5 Å². The number of anilines is 2. The van der Waals surface area contributed by atoms with Crippen molar-refractivity contribution in [3.05, 3.63) is 123 Å². The first-order chi connectivity index (χ1) is 38.1. The van der Waals surface area contributed by atoms with Gasteiger partial charge in [0.25, 0.3) is 17.7 Å². The van der Waals surface area contributed by atoms with Gasteiger partial charge in [0.2, 0.25) is 23.3 Å². The van der Waals surface area contributed by atoms with Gasteiger partial charge in [-0.05, 0) is 93.1 Å². The highest BCUT2D eigenvalue weighted by atomic mass is 32.1. The summed E-state index contributed by atoms with van der Waals surface area (Å²) in [4.78, 5) is 107. The molecule has 1 aliphatic carbocycles. The van der Waals surface area contributed by atoms with E-state index in [9.17, 15) is 56.2 Å². The van der Waals surface area contributed by atoms with Crippen LogP contribution in [-0.2, 0) is 25.4 Å². The number of amides is 6. The van der Waals surface area contributed by atoms with Crippen LogP contribution in [0, 0.1) is 18.2 Å². The van der Waals surface area contributed by atoms with Gasteiger partial charge in [0.1, 0.15) is 17.9 Å². The largest absolute Gasteiger partial charge is 0.417 e. The SMILES string of the molecule is Cc1ncsc1-c1ccc([C@H](CC(=O)NCCNC(=O)c2ccc(F)c(-c3ccc(N4C[C@@H](C)N(C)[C@@H](C)C4)c(NC(=O)c4c[nH]c(=O)cc4C(F)(F)F)c3)c2)NC(=O)[C@@H]2C[C@@H](O)CN2C(=O)[C@@H](NC(=O)C2(F)CC2)C(C)(C)C)cc1. The van der Waals surface area contributed by atoms with Gasteiger partial charge in [0, 0.05) is 74.6 Å². The van der Waals surface area contributed by atoms with E-state index in [0.29, 0.717) is 36.6 Å². The summed E-state index contributed by atoms with van der Waals surface area (Å²) in [6.45, 7) is 11.4. The molecule has 5 aromatic rings. The number of aliphatic hydroxyl groups is 1. The lowest BCUT2D eigenvalue weighted by Gasteiger charge is -2.44. The molecule has 1 saturated carbocycles. The first kappa shape index (κ1) is 59.5. The molecule has 81 heavy (non-hydrogen) atoms. The Balaban J connectivity index is 0.960. The molecule has 8 rings (SSSR count). The van der Waals surface area contributed by atoms with Gasteiger partial charge in [-0.1, -0.05) is 51.1 Å². The van der Waals surface area contributed by atoms with Crippen molar-refractivity contribution in [3.8, 4) is 21.6 Å². The second kappa shape index (κ2) is 23.9. The number of pyridine rings is 1. The van der Waals surface area contributed by atoms with Gasteiger partial charge in [-0.2, -0.15) is 13.2 Å². The van der Waals surface area contributed by atoms with E-state index in [-0.39, 0.29) is 79.8 Å². The third-order valence-corrected chi connectivity index (χ3v) is 16.0. The Morgan fingerprint density at radius 1 is 0.877 bits per heavy atom. The molecule has 4 heterocycles. The highest BCUT2D eigenvalue weighted by Crippen LogP contribution is 2.41. The molecule has 3 fully saturated rings. The number of piperazine rings is 1. The molecule has 6 atom stereocenters. The Kier molecular flexibility index (Phi) is 17.5. The molecule has 6 amide bonds. The van der Waals surface area contributed by atoms with Gasteiger partial charge < -0.3 is 46.5 Å². The lowest BCUT2D eigenvalue weighted by molar-refractivity contribution is -0.145. The summed E-state index contributed by atoms with van der Waals surface area (Å²) in [5.74, 6) is -5.42. The number of likely N-dealkylation sites (tertiary alicyclic amines) is 1. The first-order valence-electron chi connectivity index (χ1n) is 26.5. The number of nitrogens with one attached hydrogen (secondary N) is 6. The quantitative estimate of drug-likeness (QED) is 0.0392. The molecule has 0 unspecified atom stereocenters. The molecule has 0 bridgehead atoms. The van der Waals surface area contributed by atoms with Crippen LogP contribution in [0.2, 0.25) is 0 Å². The minimum atomic E-state index is -5.04. The molecular formula is C57H65F5N10O8S. The smallest absolute Gasteiger partial charge is 0.391 e. The number of H-pyrrole nitrogens is 1. The number of aryl methyl sites for hydroxylation is 1. The van der Waals surface area contributed by atoms with Crippen molar-refractivity contribution in [1.82, 2.24) is 41.0 Å². The van der Waals surface area contributed by atoms with Gasteiger partial charge >= 0.3 is 6.18 Å². The second-order valence-electron chi connectivity index (χ2n) is 22.2. The number of rotatable bonds is 17. The maximum Gasteiger partial charge on any atom is 0.417 e. The molecule has 2 aliphatic heterocycles. The van der Waals surface area contributed by atoms with E-state index < -0.39 is 99.4 Å². The summed E-state index contributed by atoms with van der Waals surface area (Å²) in [6.07, 6.45) is -5.88. The number of benzene rings is 3. The number of carbonyl (C=O) groups excluding carboxylic acids is 6. The Hall–Kier alpha value is -7.57. The van der Waals surface area contributed by atoms with Gasteiger partial charge in [-0.15, -0.1) is 11.3 Å². The number of nitrogens with zero attached hydrogens (tertiary/aromatic N) is 4. The highest BCUT2D eigenvalue weighted by Gasteiger charge is 2.53. The average molecular weight is 1150 g/mol. The van der Waals surface area contributed by atoms with Crippen LogP contribution in [0.4, 0.5) is 33.3 Å². The van der Waals surface area contributed by atoms with Crippen molar-refractivity contribution < 1.29 is 55.8 Å². The molecule has 18 nitrogen and oxygen atoms in total. The van der Waals surface area contributed by atoms with Crippen molar-refractivity contribution in [3.63, 3.8) is 0 Å². The summed E-state index contributed by atoms with van der Waals surface area (Å²) < 4.78 is 72.8. The van der Waals surface area contributed by atoms with Crippen molar-refractivity contribution in [2.45, 2.75) is 115 Å². The molecule has 3 aromatic carbocycles. The normalized spacial score (nSPS) is 19.8. The van der Waals surface area contributed by atoms with Gasteiger partial charge in [0.05, 0.1) is 57.1 Å². The zero-order chi connectivity index (χ0) is 58.9. The molecule has 2 saturated heterocycles. The van der Waals surface area contributed by atoms with E-state index in [1.807, 2.05) is 44.9 Å². The molecule has 7 N–H and O–H groups in total. The third kappa shape index (κ3) is 13.8. The van der Waals surface area contributed by atoms with Gasteiger partial charge in [-0.25, -0.2) is 13.8 Å². The number of likely N-dealkylation sites (N-methyl/N-ethyl adjacent to an activating group) is 1. The second-order valence-corrected chi connectivity index (χ2v) is 23.0. The number of alkyl halides is 4. The minimum absolute atomic E-state index is 0.00640. The fraction of sp³-hybridized carbons (Fsp3) is 0.439. The van der Waals surface area contributed by atoms with Gasteiger partial charge in [-0.3, -0.25) is 38.5 Å². The fourth-order valence-electron chi connectivity index (χ4n) is 10.1. The van der Waals surface area contributed by atoms with Crippen molar-refractivity contribution in [1.29, 1.82) is 0 Å². The number of β-amino-alcohol motifs (C(OH)–C–C–N with tert-alkyl or cyclic N) is 1. The van der Waals surface area contributed by atoms with Crippen molar-refractivity contribution >= 4 is 58.2 Å². The Bertz CT molecular complexity index is 3260. The molecule has 0 spiro atoms. The van der Waals surface area contributed by atoms with Crippen LogP contribution in [0.3, 0.4) is 0 Å². The number of thiazole rings is 1. The predicted molar refractivity (Wildman–Crippen MR) is 294 cm³/mol. The van der Waals surface area contributed by atoms with E-state index in [4.69, 9.17) is 0 Å². The van der Waals surface area contributed by atoms with E-state index in [1.165, 1.54) is 34.4 Å². The van der Waals surface area contributed by atoms with Crippen molar-refractivity contribution in [2.24, 2.45) is 5.41 Å². The molecule has 24 heteroatoms. The Labute approximate surface area is 468 Å². The number of aromatic amines is 1. The monoisotopic (exact) mass is 1140 g/mol. The molecular weight excluding hydrogens is 1080 g/mol. The van der Waals surface area contributed by atoms with E-state index in [0.717, 1.165) is 22.2 Å². The Morgan fingerprint density at radius 2 is 1.54 bits per heavy atom. The number of carbonyl (C=O) groups is 6. The highest BCUT2D eigenvalue weighted by molar-refractivity contribution is 7.13. The average Bonchev–Trinajstić information content (AvgIpc) is 3.89. The molecule has 2 aromatic heterocycles. The van der Waals surface area contributed by atoms with Crippen LogP contribution in [0.5, 0.6) is 0 Å². The minimum Gasteiger partial charge on any atom is -0.391 e. The fourth-order valence-corrected chi connectivity index (χ4v) is 10.9. The van der Waals surface area contributed by atoms with Crippen LogP contribution in [0.15, 0.2) is 83.2 Å². The zero-order valence-electron chi connectivity index (χ0n) is 45.7. The van der Waals surface area contributed by atoms with E-state index >= 15 is 4.39 Å². The summed E-state index contributed by atoms with van der Waals surface area (Å²) in [5, 5.41) is 24.3. The predicted octanol–water partition coefficient (Wildman–Crippen LogP) is 6.50. The van der Waals surface area contributed by atoms with Crippen LogP contribution in [0.1, 0.15) is 104 Å². The van der Waals surface area contributed by atoms with Crippen LogP contribution < -0.4 is 37.0 Å². The lowest BCUT2D eigenvalue weighted by atomic mass is 9.85. The maximum atomic E-state index is 15.8. The number of halogens is 5. The Morgan fingerprint density at radius 3 is 2.17 bits per heavy atom. The standard InChI is InChI=1S/C57H65F5N10O8S/c1-30-26-71(27-31(2)70(30)7)44-15-13-35(21-43(44)68-51(77)39-25-65-46(74)23-40(39)57(60,61)62)38-20-36(12-14-41(38)58)50(76)64-19-18-63-47(75)24-42(33-8-10-34(11-9-33)48-32(3)66-29-81-48)67-52(78)45-22-37(73)28-72(45)53(79)49(55(4,5)6)69-54(80)56(59)16-17-56/h8-15,20-21,23,25,29-31,37,42,45,49,73H,16-19,22,24,26-28H2,1-7H3,(H,63,75)(H,64,76)(H,65,74)(H,67,78)(H,68,77)(H,69,80)/t30-,31+,37-,42+,45+,49-/m1/s1. The molecule has 3 aliphatic rings. The summed E-state index contributed by atoms with van der Waals surface area (Å²) in [7, 11) is 1.96. The number of aliphatic hydroxyl groups excluding tert-OH is 1. The number of aromatic nitrogens is 2. The topological polar surface area (TPSA) is 238 Å². The van der Waals surface area contributed by atoms with Crippen LogP contribution in [0.25, 0.3) is 21.6 Å². The first-order valence-corrected chi connectivity index (χ1v) is 27.4. The van der Waals surface area contributed by atoms with Crippen molar-refractivity contribution in [2.75, 3.05) is 50.0 Å².